The zero-order chi connectivity index (χ0) is 13.8. The van der Waals surface area contributed by atoms with Crippen LogP contribution in [0.2, 0.25) is 0 Å². The Morgan fingerprint density at radius 3 is 2.63 bits per heavy atom. The van der Waals surface area contributed by atoms with E-state index in [-0.39, 0.29) is 5.56 Å². The fourth-order valence-corrected chi connectivity index (χ4v) is 1.93. The lowest BCUT2D eigenvalue weighted by Crippen LogP contribution is -2.16. The van der Waals surface area contributed by atoms with E-state index in [9.17, 15) is 8.78 Å². The molecular weight excluding hydrogens is 246 g/mol. The van der Waals surface area contributed by atoms with Gasteiger partial charge in [-0.25, -0.2) is 8.78 Å². The van der Waals surface area contributed by atoms with Crippen molar-refractivity contribution in [1.82, 2.24) is 4.98 Å². The summed E-state index contributed by atoms with van der Waals surface area (Å²) >= 11 is 0. The first-order valence-electron chi connectivity index (χ1n) is 6.25. The van der Waals surface area contributed by atoms with E-state index in [4.69, 9.17) is 5.73 Å². The molecule has 0 spiro atoms. The van der Waals surface area contributed by atoms with E-state index in [0.717, 1.165) is 23.7 Å². The highest BCUT2D eigenvalue weighted by Crippen LogP contribution is 2.20. The van der Waals surface area contributed by atoms with Crippen molar-refractivity contribution in [3.05, 3.63) is 65.0 Å². The summed E-state index contributed by atoms with van der Waals surface area (Å²) in [6.45, 7) is 2.05. The molecule has 0 aliphatic carbocycles. The van der Waals surface area contributed by atoms with Crippen molar-refractivity contribution < 1.29 is 8.78 Å². The third-order valence-corrected chi connectivity index (χ3v) is 3.10. The molecule has 0 amide bonds. The largest absolute Gasteiger partial charge is 0.324 e. The van der Waals surface area contributed by atoms with Crippen molar-refractivity contribution >= 4 is 0 Å². The average Bonchev–Trinajstić information content (AvgIpc) is 2.42. The fourth-order valence-electron chi connectivity index (χ4n) is 1.93. The number of aryl methyl sites for hydroxylation is 1. The number of rotatable bonds is 4. The second-order valence-corrected chi connectivity index (χ2v) is 4.47. The molecule has 1 heterocycles. The minimum Gasteiger partial charge on any atom is -0.324 e. The van der Waals surface area contributed by atoms with Gasteiger partial charge in [0.2, 0.25) is 0 Å². The number of nitrogens with zero attached hydrogens (tertiary/aromatic N) is 1. The Morgan fingerprint density at radius 1 is 1.21 bits per heavy atom. The normalized spacial score (nSPS) is 12.4. The molecule has 1 aromatic heterocycles. The molecule has 0 saturated carbocycles. The highest BCUT2D eigenvalue weighted by atomic mass is 19.2. The molecule has 100 valence electrons. The first-order valence-corrected chi connectivity index (χ1v) is 6.25. The number of halogens is 2. The van der Waals surface area contributed by atoms with Gasteiger partial charge >= 0.3 is 0 Å². The highest BCUT2D eigenvalue weighted by Gasteiger charge is 2.15. The van der Waals surface area contributed by atoms with Gasteiger partial charge in [-0.2, -0.15) is 0 Å². The van der Waals surface area contributed by atoms with E-state index in [0.29, 0.717) is 6.42 Å². The maximum atomic E-state index is 13.6. The Bertz CT molecular complexity index is 553. The second kappa shape index (κ2) is 5.89. The lowest BCUT2D eigenvalue weighted by atomic mass is 10.0. The zero-order valence-electron chi connectivity index (χ0n) is 10.7. The monoisotopic (exact) mass is 262 g/mol. The van der Waals surface area contributed by atoms with Crippen LogP contribution in [0.25, 0.3) is 0 Å². The molecule has 0 fully saturated rings. The first-order chi connectivity index (χ1) is 9.11. The summed E-state index contributed by atoms with van der Waals surface area (Å²) in [6, 6.07) is 7.29. The third kappa shape index (κ3) is 3.15. The molecule has 1 atom stereocenters. The molecule has 0 aliphatic heterocycles. The van der Waals surface area contributed by atoms with Crippen molar-refractivity contribution in [1.29, 1.82) is 0 Å². The Kier molecular flexibility index (Phi) is 4.22. The molecule has 0 aliphatic rings. The van der Waals surface area contributed by atoms with Crippen LogP contribution in [0.1, 0.15) is 29.8 Å². The summed E-state index contributed by atoms with van der Waals surface area (Å²) in [7, 11) is 0. The molecule has 0 radical (unpaired) electrons. The summed E-state index contributed by atoms with van der Waals surface area (Å²) in [4.78, 5) is 4.27. The molecule has 2 N–H and O–H groups in total. The average molecular weight is 262 g/mol. The van der Waals surface area contributed by atoms with Gasteiger partial charge in [-0.15, -0.1) is 0 Å². The molecule has 0 saturated heterocycles. The summed E-state index contributed by atoms with van der Waals surface area (Å²) in [5.41, 5.74) is 8.01. The van der Waals surface area contributed by atoms with Crippen molar-refractivity contribution in [3.63, 3.8) is 0 Å². The number of hydrogen-bond donors (Lipinski definition) is 1. The minimum atomic E-state index is -0.875. The van der Waals surface area contributed by atoms with Gasteiger partial charge in [-0.3, -0.25) is 4.98 Å². The Balaban J connectivity index is 2.15. The number of aromatic nitrogens is 1. The van der Waals surface area contributed by atoms with Crippen LogP contribution in [-0.4, -0.2) is 4.98 Å². The second-order valence-electron chi connectivity index (χ2n) is 4.47. The fraction of sp³-hybridized carbons (Fsp3) is 0.267. The van der Waals surface area contributed by atoms with Crippen LogP contribution in [-0.2, 0) is 12.8 Å². The lowest BCUT2D eigenvalue weighted by Gasteiger charge is -2.13. The Hall–Kier alpha value is -1.81. The number of nitrogens with two attached hydrogens (primary N) is 1. The molecule has 0 bridgehead atoms. The van der Waals surface area contributed by atoms with Gasteiger partial charge in [-0.05, 0) is 24.1 Å². The minimum absolute atomic E-state index is 0.182. The van der Waals surface area contributed by atoms with Gasteiger partial charge in [0.15, 0.2) is 11.6 Å². The van der Waals surface area contributed by atoms with Gasteiger partial charge in [0, 0.05) is 29.9 Å². The van der Waals surface area contributed by atoms with E-state index in [1.165, 1.54) is 12.1 Å². The highest BCUT2D eigenvalue weighted by molar-refractivity contribution is 5.24. The van der Waals surface area contributed by atoms with Crippen molar-refractivity contribution in [3.8, 4) is 0 Å². The third-order valence-electron chi connectivity index (χ3n) is 3.10. The van der Waals surface area contributed by atoms with Crippen LogP contribution in [0, 0.1) is 11.6 Å². The quantitative estimate of drug-likeness (QED) is 0.919. The number of hydrogen-bond acceptors (Lipinski definition) is 2. The molecular formula is C15H16F2N2. The Morgan fingerprint density at radius 2 is 2.00 bits per heavy atom. The number of pyridine rings is 1. The molecule has 19 heavy (non-hydrogen) atoms. The molecule has 2 nitrogen and oxygen atoms in total. The smallest absolute Gasteiger partial charge is 0.163 e. The van der Waals surface area contributed by atoms with Gasteiger partial charge in [0.1, 0.15) is 0 Å². The maximum Gasteiger partial charge on any atom is 0.163 e. The van der Waals surface area contributed by atoms with E-state index < -0.39 is 17.7 Å². The standard InChI is InChI=1S/C15H16F2N2/c1-2-10-6-7-11(19-9-10)8-14(18)12-4-3-5-13(16)15(12)17/h3-7,9,14H,2,8,18H2,1H3. The lowest BCUT2D eigenvalue weighted by molar-refractivity contribution is 0.487. The summed E-state index contributed by atoms with van der Waals surface area (Å²) < 4.78 is 26.7. The predicted molar refractivity (Wildman–Crippen MR) is 70.6 cm³/mol. The van der Waals surface area contributed by atoms with E-state index in [2.05, 4.69) is 4.98 Å². The zero-order valence-corrected chi connectivity index (χ0v) is 10.7. The summed E-state index contributed by atoms with van der Waals surface area (Å²) in [6.07, 6.45) is 3.08. The van der Waals surface area contributed by atoms with Crippen LogP contribution in [0.15, 0.2) is 36.5 Å². The van der Waals surface area contributed by atoms with Gasteiger partial charge in [0.25, 0.3) is 0 Å². The van der Waals surface area contributed by atoms with Crippen LogP contribution < -0.4 is 5.73 Å². The first kappa shape index (κ1) is 13.6. The summed E-state index contributed by atoms with van der Waals surface area (Å²) in [5, 5.41) is 0. The molecule has 2 rings (SSSR count). The molecule has 4 heteroatoms. The van der Waals surface area contributed by atoms with Gasteiger partial charge in [0.05, 0.1) is 0 Å². The number of benzene rings is 1. The summed E-state index contributed by atoms with van der Waals surface area (Å²) in [5.74, 6) is -1.75. The van der Waals surface area contributed by atoms with Gasteiger partial charge in [-0.1, -0.05) is 25.1 Å². The van der Waals surface area contributed by atoms with Crippen molar-refractivity contribution in [2.75, 3.05) is 0 Å². The van der Waals surface area contributed by atoms with Crippen LogP contribution in [0.5, 0.6) is 0 Å². The SMILES string of the molecule is CCc1ccc(CC(N)c2cccc(F)c2F)nc1. The van der Waals surface area contributed by atoms with E-state index >= 15 is 0 Å². The van der Waals surface area contributed by atoms with Crippen molar-refractivity contribution in [2.24, 2.45) is 5.73 Å². The topological polar surface area (TPSA) is 38.9 Å². The van der Waals surface area contributed by atoms with Crippen LogP contribution in [0.4, 0.5) is 8.78 Å². The van der Waals surface area contributed by atoms with Crippen LogP contribution in [0.3, 0.4) is 0 Å². The Labute approximate surface area is 111 Å². The molecule has 1 aromatic carbocycles. The van der Waals surface area contributed by atoms with E-state index in [1.54, 1.807) is 6.20 Å². The maximum absolute atomic E-state index is 13.6. The van der Waals surface area contributed by atoms with Crippen molar-refractivity contribution in [2.45, 2.75) is 25.8 Å². The van der Waals surface area contributed by atoms with E-state index in [1.807, 2.05) is 19.1 Å². The molecule has 1 unspecified atom stereocenters. The van der Waals surface area contributed by atoms with Gasteiger partial charge < -0.3 is 5.73 Å². The van der Waals surface area contributed by atoms with Crippen LogP contribution >= 0.6 is 0 Å². The molecule has 2 aromatic rings. The predicted octanol–water partition coefficient (Wildman–Crippen LogP) is 3.16.